The van der Waals surface area contributed by atoms with Gasteiger partial charge in [-0.25, -0.2) is 12.8 Å². The van der Waals surface area contributed by atoms with E-state index in [4.69, 9.17) is 0 Å². The van der Waals surface area contributed by atoms with Gasteiger partial charge in [0, 0.05) is 19.0 Å². The molecule has 1 heterocycles. The number of benzene rings is 1. The first-order valence-electron chi connectivity index (χ1n) is 8.17. The van der Waals surface area contributed by atoms with E-state index in [-0.39, 0.29) is 17.6 Å². The third-order valence-corrected chi connectivity index (χ3v) is 5.93. The van der Waals surface area contributed by atoms with E-state index in [1.165, 1.54) is 19.2 Å². The van der Waals surface area contributed by atoms with Gasteiger partial charge >= 0.3 is 0 Å². The molecule has 0 saturated carbocycles. The average molecular weight is 365 g/mol. The highest BCUT2D eigenvalue weighted by Crippen LogP contribution is 2.34. The van der Waals surface area contributed by atoms with Crippen LogP contribution in [-0.4, -0.2) is 33.7 Å². The fourth-order valence-corrected chi connectivity index (χ4v) is 3.78. The molecule has 1 aromatic rings. The van der Waals surface area contributed by atoms with Gasteiger partial charge in [-0.05, 0) is 49.0 Å². The average Bonchev–Trinajstić information content (AvgIpc) is 2.58. The van der Waals surface area contributed by atoms with Crippen molar-refractivity contribution in [2.24, 2.45) is 10.2 Å². The Balaban J connectivity index is 1.90. The second-order valence-corrected chi connectivity index (χ2v) is 8.48. The van der Waals surface area contributed by atoms with Gasteiger partial charge in [-0.1, -0.05) is 6.07 Å². The van der Waals surface area contributed by atoms with Crippen LogP contribution in [0.1, 0.15) is 31.2 Å². The maximum Gasteiger partial charge on any atom is 0.291 e. The highest BCUT2D eigenvalue weighted by atomic mass is 32.2. The molecule has 1 aromatic carbocycles. The lowest BCUT2D eigenvalue weighted by Gasteiger charge is -2.26. The number of carbonyl (C=O) groups is 1. The van der Waals surface area contributed by atoms with E-state index in [9.17, 15) is 17.6 Å². The molecule has 0 saturated heterocycles. The van der Waals surface area contributed by atoms with Gasteiger partial charge in [0.15, 0.2) is 0 Å². The molecule has 6 nitrogen and oxygen atoms in total. The first-order chi connectivity index (χ1) is 11.8. The number of sulfonamides is 1. The quantitative estimate of drug-likeness (QED) is 0.823. The van der Waals surface area contributed by atoms with Crippen LogP contribution in [0.4, 0.5) is 10.1 Å². The van der Waals surface area contributed by atoms with Gasteiger partial charge in [0.2, 0.25) is 10.0 Å². The van der Waals surface area contributed by atoms with Gasteiger partial charge in [-0.2, -0.15) is 5.11 Å². The summed E-state index contributed by atoms with van der Waals surface area (Å²) in [5, 5.41) is 7.88. The summed E-state index contributed by atoms with van der Waals surface area (Å²) in [7, 11) is -2.24. The van der Waals surface area contributed by atoms with Gasteiger partial charge in [-0.3, -0.25) is 9.10 Å². The van der Waals surface area contributed by atoms with Crippen LogP contribution in [0.5, 0.6) is 0 Å². The minimum absolute atomic E-state index is 0.00155. The molecule has 1 unspecified atom stereocenters. The van der Waals surface area contributed by atoms with Crippen LogP contribution < -0.4 is 4.31 Å². The normalized spacial score (nSPS) is 20.6. The zero-order valence-corrected chi connectivity index (χ0v) is 15.0. The molecule has 0 fully saturated rings. The molecule has 1 amide bonds. The maximum absolute atomic E-state index is 14.0. The number of azo groups is 1. The van der Waals surface area contributed by atoms with Crippen molar-refractivity contribution in [2.45, 2.75) is 38.1 Å². The van der Waals surface area contributed by atoms with E-state index in [0.717, 1.165) is 53.0 Å². The Hall–Kier alpha value is -2.09. The summed E-state index contributed by atoms with van der Waals surface area (Å²) in [6.45, 7) is 0. The molecule has 1 aliphatic carbocycles. The number of nitrogens with zero attached hydrogens (tertiary/aromatic N) is 3. The van der Waals surface area contributed by atoms with Crippen molar-refractivity contribution in [1.29, 1.82) is 0 Å². The summed E-state index contributed by atoms with van der Waals surface area (Å²) in [6.07, 6.45) is 5.03. The van der Waals surface area contributed by atoms with E-state index >= 15 is 0 Å². The number of amides is 1. The fraction of sp³-hybridized carbons (Fsp3) is 0.471. The van der Waals surface area contributed by atoms with Crippen LogP contribution in [0.25, 0.3) is 0 Å². The SMILES string of the molecule is CN(c1cc(CC2N=NC(=O)C3=C2CCCC3)ccc1F)S(C)(=O)=O. The lowest BCUT2D eigenvalue weighted by atomic mass is 9.84. The molecule has 0 N–H and O–H groups in total. The predicted molar refractivity (Wildman–Crippen MR) is 92.5 cm³/mol. The second-order valence-electron chi connectivity index (χ2n) is 6.47. The third-order valence-electron chi connectivity index (χ3n) is 4.74. The number of halogens is 1. The smallest absolute Gasteiger partial charge is 0.271 e. The van der Waals surface area contributed by atoms with E-state index in [1.807, 2.05) is 0 Å². The largest absolute Gasteiger partial charge is 0.291 e. The number of rotatable bonds is 4. The minimum Gasteiger partial charge on any atom is -0.271 e. The summed E-state index contributed by atoms with van der Waals surface area (Å²) in [5.74, 6) is -0.850. The molecule has 0 radical (unpaired) electrons. The Kier molecular flexibility index (Phi) is 4.73. The van der Waals surface area contributed by atoms with Crippen molar-refractivity contribution in [3.8, 4) is 0 Å². The summed E-state index contributed by atoms with van der Waals surface area (Å²) in [4.78, 5) is 11.9. The first-order valence-corrected chi connectivity index (χ1v) is 10.0. The molecule has 25 heavy (non-hydrogen) atoms. The Morgan fingerprint density at radius 1 is 1.28 bits per heavy atom. The molecule has 2 aliphatic rings. The molecule has 1 aliphatic heterocycles. The van der Waals surface area contributed by atoms with Crippen LogP contribution in [0.2, 0.25) is 0 Å². The Morgan fingerprint density at radius 2 is 2.00 bits per heavy atom. The monoisotopic (exact) mass is 365 g/mol. The number of hydrogen-bond donors (Lipinski definition) is 0. The Morgan fingerprint density at radius 3 is 2.72 bits per heavy atom. The molecule has 8 heteroatoms. The van der Waals surface area contributed by atoms with E-state index in [1.54, 1.807) is 6.07 Å². The highest BCUT2D eigenvalue weighted by molar-refractivity contribution is 7.92. The lowest BCUT2D eigenvalue weighted by molar-refractivity contribution is -0.115. The number of anilines is 1. The van der Waals surface area contributed by atoms with Crippen molar-refractivity contribution >= 4 is 21.6 Å². The van der Waals surface area contributed by atoms with Crippen LogP contribution in [-0.2, 0) is 21.2 Å². The molecule has 1 atom stereocenters. The summed E-state index contributed by atoms with van der Waals surface area (Å²) < 4.78 is 38.3. The second kappa shape index (κ2) is 6.67. The van der Waals surface area contributed by atoms with E-state index in [2.05, 4.69) is 10.2 Å². The molecule has 3 rings (SSSR count). The van der Waals surface area contributed by atoms with Crippen molar-refractivity contribution in [3.63, 3.8) is 0 Å². The van der Waals surface area contributed by atoms with Crippen molar-refractivity contribution in [2.75, 3.05) is 17.6 Å². The van der Waals surface area contributed by atoms with Gasteiger partial charge in [0.1, 0.15) is 5.82 Å². The zero-order valence-electron chi connectivity index (χ0n) is 14.2. The standard InChI is InChI=1S/C17H20FN3O3S/c1-21(25(2,23)24)16-10-11(7-8-14(16)18)9-15-12-5-3-4-6-13(12)17(22)20-19-15/h7-8,10,15H,3-6,9H2,1-2H3. The van der Waals surface area contributed by atoms with Crippen molar-refractivity contribution in [3.05, 3.63) is 40.7 Å². The van der Waals surface area contributed by atoms with Gasteiger partial charge in [0.25, 0.3) is 5.91 Å². The Bertz CT molecular complexity index is 877. The Labute approximate surface area is 146 Å². The molecular formula is C17H20FN3O3S. The fourth-order valence-electron chi connectivity index (χ4n) is 3.29. The van der Waals surface area contributed by atoms with Crippen LogP contribution >= 0.6 is 0 Å². The molecule has 0 spiro atoms. The van der Waals surface area contributed by atoms with E-state index in [0.29, 0.717) is 6.42 Å². The summed E-state index contributed by atoms with van der Waals surface area (Å²) in [6, 6.07) is 4.15. The third kappa shape index (κ3) is 3.63. The lowest BCUT2D eigenvalue weighted by Crippen LogP contribution is -2.26. The summed E-state index contributed by atoms with van der Waals surface area (Å²) in [5.41, 5.74) is 2.54. The molecular weight excluding hydrogens is 345 g/mol. The minimum atomic E-state index is -3.56. The van der Waals surface area contributed by atoms with Crippen LogP contribution in [0.3, 0.4) is 0 Å². The van der Waals surface area contributed by atoms with Crippen molar-refractivity contribution in [1.82, 2.24) is 0 Å². The molecule has 0 aromatic heterocycles. The van der Waals surface area contributed by atoms with Crippen molar-refractivity contribution < 1.29 is 17.6 Å². The van der Waals surface area contributed by atoms with Gasteiger partial charge in [0.05, 0.1) is 18.0 Å². The highest BCUT2D eigenvalue weighted by Gasteiger charge is 2.29. The predicted octanol–water partition coefficient (Wildman–Crippen LogP) is 3.00. The topological polar surface area (TPSA) is 79.2 Å². The van der Waals surface area contributed by atoms with Crippen LogP contribution in [0, 0.1) is 5.82 Å². The molecule has 134 valence electrons. The summed E-state index contributed by atoms with van der Waals surface area (Å²) >= 11 is 0. The first kappa shape index (κ1) is 17.7. The van der Waals surface area contributed by atoms with Gasteiger partial charge in [-0.15, -0.1) is 5.11 Å². The maximum atomic E-state index is 14.0. The molecule has 0 bridgehead atoms. The number of carbonyl (C=O) groups excluding carboxylic acids is 1. The zero-order chi connectivity index (χ0) is 18.2. The van der Waals surface area contributed by atoms with E-state index < -0.39 is 15.8 Å². The van der Waals surface area contributed by atoms with Crippen LogP contribution in [0.15, 0.2) is 39.6 Å². The number of hydrogen-bond acceptors (Lipinski definition) is 4. The van der Waals surface area contributed by atoms with Gasteiger partial charge < -0.3 is 0 Å².